The number of nitrogens with zero attached hydrogens (tertiary/aromatic N) is 1. The molecular formula is C19H22N2O. The molecule has 1 N–H and O–H groups in total. The fourth-order valence-electron chi connectivity index (χ4n) is 3.24. The van der Waals surface area contributed by atoms with Gasteiger partial charge in [0, 0.05) is 37.2 Å². The maximum absolute atomic E-state index is 5.90. The molecule has 2 fully saturated rings. The minimum absolute atomic E-state index is 0.124. The van der Waals surface area contributed by atoms with E-state index < -0.39 is 0 Å². The highest BCUT2D eigenvalue weighted by Gasteiger charge is 2.29. The van der Waals surface area contributed by atoms with Crippen LogP contribution >= 0.6 is 0 Å². The van der Waals surface area contributed by atoms with Gasteiger partial charge in [-0.1, -0.05) is 30.3 Å². The van der Waals surface area contributed by atoms with Gasteiger partial charge in [0.1, 0.15) is 0 Å². The molecule has 3 heteroatoms. The topological polar surface area (TPSA) is 34.1 Å². The highest BCUT2D eigenvalue weighted by Crippen LogP contribution is 2.39. The third kappa shape index (κ3) is 3.06. The van der Waals surface area contributed by atoms with Crippen LogP contribution in [0.25, 0.3) is 0 Å². The van der Waals surface area contributed by atoms with E-state index in [-0.39, 0.29) is 6.10 Å². The molecule has 1 aromatic carbocycles. The van der Waals surface area contributed by atoms with E-state index in [1.165, 1.54) is 29.5 Å². The minimum atomic E-state index is 0.124. The Kier molecular flexibility index (Phi) is 3.92. The van der Waals surface area contributed by atoms with E-state index in [1.54, 1.807) is 0 Å². The Morgan fingerprint density at radius 2 is 1.91 bits per heavy atom. The lowest BCUT2D eigenvalue weighted by atomic mass is 10.0. The van der Waals surface area contributed by atoms with Crippen molar-refractivity contribution in [2.75, 3.05) is 6.61 Å². The summed E-state index contributed by atoms with van der Waals surface area (Å²) in [5, 5.41) is 3.66. The molecule has 22 heavy (non-hydrogen) atoms. The average molecular weight is 294 g/mol. The molecule has 4 rings (SSSR count). The Morgan fingerprint density at radius 3 is 2.64 bits per heavy atom. The van der Waals surface area contributed by atoms with E-state index in [0.717, 1.165) is 25.5 Å². The van der Waals surface area contributed by atoms with Gasteiger partial charge >= 0.3 is 0 Å². The summed E-state index contributed by atoms with van der Waals surface area (Å²) in [6, 6.07) is 13.5. The Hall–Kier alpha value is -1.71. The summed E-state index contributed by atoms with van der Waals surface area (Å²) in [5.74, 6) is 0.834. The Bertz CT molecular complexity index is 607. The van der Waals surface area contributed by atoms with Gasteiger partial charge in [0.05, 0.1) is 6.10 Å². The number of pyridine rings is 1. The van der Waals surface area contributed by atoms with Crippen molar-refractivity contribution in [1.82, 2.24) is 10.3 Å². The second-order valence-corrected chi connectivity index (χ2v) is 6.37. The first-order valence-corrected chi connectivity index (χ1v) is 8.24. The number of nitrogens with one attached hydrogen (secondary N) is 1. The van der Waals surface area contributed by atoms with Gasteiger partial charge in [-0.15, -0.1) is 0 Å². The first-order chi connectivity index (χ1) is 10.9. The molecule has 1 aliphatic heterocycles. The fourth-order valence-corrected chi connectivity index (χ4v) is 3.24. The summed E-state index contributed by atoms with van der Waals surface area (Å²) in [4.78, 5) is 4.21. The predicted octanol–water partition coefficient (Wildman–Crippen LogP) is 3.58. The number of aromatic nitrogens is 1. The van der Waals surface area contributed by atoms with Gasteiger partial charge in [-0.2, -0.15) is 0 Å². The SMILES string of the molecule is c1cncc([C@H]2OCC[C@@H]2NCc2ccc(C3CC3)cc2)c1. The third-order valence-electron chi connectivity index (χ3n) is 4.70. The number of benzene rings is 1. The van der Waals surface area contributed by atoms with Crippen LogP contribution in [-0.4, -0.2) is 17.6 Å². The van der Waals surface area contributed by atoms with Crippen molar-refractivity contribution in [2.45, 2.75) is 43.9 Å². The molecule has 1 aliphatic carbocycles. The largest absolute Gasteiger partial charge is 0.372 e. The van der Waals surface area contributed by atoms with Crippen molar-refractivity contribution in [3.8, 4) is 0 Å². The van der Waals surface area contributed by atoms with Crippen LogP contribution in [0.15, 0.2) is 48.8 Å². The highest BCUT2D eigenvalue weighted by molar-refractivity contribution is 5.28. The fraction of sp³-hybridized carbons (Fsp3) is 0.421. The molecule has 0 bridgehead atoms. The van der Waals surface area contributed by atoms with Gasteiger partial charge in [0.15, 0.2) is 0 Å². The van der Waals surface area contributed by atoms with Crippen LogP contribution in [0.1, 0.15) is 48.0 Å². The molecule has 0 unspecified atom stereocenters. The lowest BCUT2D eigenvalue weighted by Gasteiger charge is -2.20. The van der Waals surface area contributed by atoms with Crippen molar-refractivity contribution in [1.29, 1.82) is 0 Å². The van der Waals surface area contributed by atoms with E-state index in [2.05, 4.69) is 40.6 Å². The molecule has 3 nitrogen and oxygen atoms in total. The van der Waals surface area contributed by atoms with Crippen molar-refractivity contribution in [3.05, 3.63) is 65.5 Å². The van der Waals surface area contributed by atoms with E-state index in [9.17, 15) is 0 Å². The summed E-state index contributed by atoms with van der Waals surface area (Å²) in [6.45, 7) is 1.72. The molecule has 1 aromatic heterocycles. The standard InChI is InChI=1S/C19H22N2O/c1-2-17(13-20-10-1)19-18(9-11-22-19)21-12-14-3-5-15(6-4-14)16-7-8-16/h1-6,10,13,16,18-19,21H,7-9,11-12H2/t18-,19+/m0/s1. The Labute approximate surface area is 131 Å². The zero-order valence-corrected chi connectivity index (χ0v) is 12.7. The first-order valence-electron chi connectivity index (χ1n) is 8.24. The summed E-state index contributed by atoms with van der Waals surface area (Å²) < 4.78 is 5.90. The maximum Gasteiger partial charge on any atom is 0.0993 e. The monoisotopic (exact) mass is 294 g/mol. The van der Waals surface area contributed by atoms with Crippen molar-refractivity contribution < 1.29 is 4.74 Å². The molecule has 114 valence electrons. The van der Waals surface area contributed by atoms with Gasteiger partial charge in [-0.25, -0.2) is 0 Å². The van der Waals surface area contributed by atoms with Gasteiger partial charge in [-0.3, -0.25) is 4.98 Å². The van der Waals surface area contributed by atoms with Crippen LogP contribution in [0.4, 0.5) is 0 Å². The number of hydrogen-bond acceptors (Lipinski definition) is 3. The van der Waals surface area contributed by atoms with E-state index in [0.29, 0.717) is 6.04 Å². The van der Waals surface area contributed by atoms with Crippen molar-refractivity contribution in [2.24, 2.45) is 0 Å². The number of rotatable bonds is 5. The third-order valence-corrected chi connectivity index (χ3v) is 4.70. The van der Waals surface area contributed by atoms with Crippen LogP contribution in [0.2, 0.25) is 0 Å². The first kappa shape index (κ1) is 13.9. The summed E-state index contributed by atoms with van der Waals surface area (Å²) in [6.07, 6.45) is 7.63. The maximum atomic E-state index is 5.90. The predicted molar refractivity (Wildman–Crippen MR) is 86.6 cm³/mol. The van der Waals surface area contributed by atoms with Crippen LogP contribution in [0, 0.1) is 0 Å². The molecule has 0 spiro atoms. The highest BCUT2D eigenvalue weighted by atomic mass is 16.5. The van der Waals surface area contributed by atoms with Gasteiger partial charge in [0.2, 0.25) is 0 Å². The summed E-state index contributed by atoms with van der Waals surface area (Å²) >= 11 is 0. The lowest BCUT2D eigenvalue weighted by Crippen LogP contribution is -2.31. The second-order valence-electron chi connectivity index (χ2n) is 6.37. The van der Waals surface area contributed by atoms with Gasteiger partial charge in [0.25, 0.3) is 0 Å². The molecule has 0 amide bonds. The van der Waals surface area contributed by atoms with Gasteiger partial charge in [-0.05, 0) is 42.4 Å². The smallest absolute Gasteiger partial charge is 0.0993 e. The van der Waals surface area contributed by atoms with Crippen LogP contribution in [-0.2, 0) is 11.3 Å². The lowest BCUT2D eigenvalue weighted by molar-refractivity contribution is 0.0982. The number of hydrogen-bond donors (Lipinski definition) is 1. The van der Waals surface area contributed by atoms with Crippen LogP contribution < -0.4 is 5.32 Å². The molecule has 1 saturated heterocycles. The Balaban J connectivity index is 1.38. The molecule has 1 saturated carbocycles. The molecule has 2 heterocycles. The zero-order chi connectivity index (χ0) is 14.8. The van der Waals surface area contributed by atoms with Gasteiger partial charge < -0.3 is 10.1 Å². The molecule has 2 aromatic rings. The number of ether oxygens (including phenoxy) is 1. The molecular weight excluding hydrogens is 272 g/mol. The molecule has 2 aliphatic rings. The second kappa shape index (κ2) is 6.19. The molecule has 0 radical (unpaired) electrons. The average Bonchev–Trinajstić information content (AvgIpc) is 3.32. The quantitative estimate of drug-likeness (QED) is 0.915. The normalized spacial score (nSPS) is 24.5. The van der Waals surface area contributed by atoms with Crippen molar-refractivity contribution in [3.63, 3.8) is 0 Å². The van der Waals surface area contributed by atoms with E-state index in [4.69, 9.17) is 4.74 Å². The Morgan fingerprint density at radius 1 is 1.05 bits per heavy atom. The minimum Gasteiger partial charge on any atom is -0.372 e. The van der Waals surface area contributed by atoms with E-state index in [1.807, 2.05) is 18.5 Å². The summed E-state index contributed by atoms with van der Waals surface area (Å²) in [7, 11) is 0. The van der Waals surface area contributed by atoms with Crippen LogP contribution in [0.5, 0.6) is 0 Å². The van der Waals surface area contributed by atoms with Crippen molar-refractivity contribution >= 4 is 0 Å². The summed E-state index contributed by atoms with van der Waals surface area (Å²) in [5.41, 5.74) is 4.02. The zero-order valence-electron chi connectivity index (χ0n) is 12.7. The molecule has 2 atom stereocenters. The van der Waals surface area contributed by atoms with Crippen LogP contribution in [0.3, 0.4) is 0 Å². The van der Waals surface area contributed by atoms with E-state index >= 15 is 0 Å².